The number of piperidine rings is 1. The molecular weight excluding hydrogens is 513 g/mol. The third kappa shape index (κ3) is 4.68. The number of nitrogens with zero attached hydrogens (tertiary/aromatic N) is 3. The standard InChI is InChI=1S/C29H28Cl3N3O/c1-29(2,3)34-14-11-18(12-15-34)25-17-21(19-7-4-5-8-22(19)30)20-13-16-35(36)28(27(20)33-25)26-23(31)9-6-10-24(26)32/h4-10,13,16-18H,11-12,14-15H2,1-3H3. The zero-order valence-electron chi connectivity index (χ0n) is 20.6. The van der Waals surface area contributed by atoms with Crippen LogP contribution in [-0.2, 0) is 0 Å². The molecule has 2 aromatic carbocycles. The minimum absolute atomic E-state index is 0.132. The highest BCUT2D eigenvalue weighted by Crippen LogP contribution is 2.41. The third-order valence-corrected chi connectivity index (χ3v) is 8.08. The van der Waals surface area contributed by atoms with Gasteiger partial charge in [-0.2, -0.15) is 4.73 Å². The molecule has 4 nitrogen and oxygen atoms in total. The van der Waals surface area contributed by atoms with E-state index in [1.165, 1.54) is 6.20 Å². The van der Waals surface area contributed by atoms with Crippen LogP contribution >= 0.6 is 34.8 Å². The Labute approximate surface area is 227 Å². The van der Waals surface area contributed by atoms with Gasteiger partial charge in [-0.15, -0.1) is 0 Å². The topological polar surface area (TPSA) is 43.1 Å². The minimum Gasteiger partial charge on any atom is -0.618 e. The van der Waals surface area contributed by atoms with Crippen molar-refractivity contribution in [2.75, 3.05) is 13.1 Å². The zero-order valence-corrected chi connectivity index (χ0v) is 22.8. The summed E-state index contributed by atoms with van der Waals surface area (Å²) in [5.41, 5.74) is 4.36. The highest BCUT2D eigenvalue weighted by molar-refractivity contribution is 6.39. The van der Waals surface area contributed by atoms with Crippen molar-refractivity contribution in [2.24, 2.45) is 0 Å². The van der Waals surface area contributed by atoms with Gasteiger partial charge >= 0.3 is 0 Å². The van der Waals surface area contributed by atoms with Gasteiger partial charge in [0.05, 0.1) is 15.6 Å². The lowest BCUT2D eigenvalue weighted by Gasteiger charge is -2.40. The fraction of sp³-hybridized carbons (Fsp3) is 0.310. The van der Waals surface area contributed by atoms with Gasteiger partial charge in [0, 0.05) is 39.2 Å². The number of hydrogen-bond donors (Lipinski definition) is 0. The number of halogens is 3. The van der Waals surface area contributed by atoms with Crippen LogP contribution in [0.2, 0.25) is 15.1 Å². The van der Waals surface area contributed by atoms with Crippen molar-refractivity contribution in [1.82, 2.24) is 9.88 Å². The predicted molar refractivity (Wildman–Crippen MR) is 150 cm³/mol. The lowest BCUT2D eigenvalue weighted by atomic mass is 9.88. The van der Waals surface area contributed by atoms with Gasteiger partial charge in [-0.3, -0.25) is 4.90 Å². The molecule has 0 amide bonds. The van der Waals surface area contributed by atoms with Gasteiger partial charge in [-0.1, -0.05) is 59.1 Å². The smallest absolute Gasteiger partial charge is 0.253 e. The van der Waals surface area contributed by atoms with Crippen LogP contribution in [0.1, 0.15) is 45.2 Å². The summed E-state index contributed by atoms with van der Waals surface area (Å²) in [4.78, 5) is 7.64. The normalized spacial score (nSPS) is 15.5. The molecule has 3 heterocycles. The molecule has 36 heavy (non-hydrogen) atoms. The Bertz CT molecular complexity index is 1420. The Morgan fingerprint density at radius 3 is 2.17 bits per heavy atom. The summed E-state index contributed by atoms with van der Waals surface area (Å²) in [7, 11) is 0. The first-order chi connectivity index (χ1) is 17.1. The second-order valence-corrected chi connectivity index (χ2v) is 11.6. The summed E-state index contributed by atoms with van der Waals surface area (Å²) < 4.78 is 0.810. The highest BCUT2D eigenvalue weighted by atomic mass is 35.5. The van der Waals surface area contributed by atoms with Crippen molar-refractivity contribution in [3.05, 3.63) is 86.8 Å². The van der Waals surface area contributed by atoms with E-state index in [-0.39, 0.29) is 11.5 Å². The number of aromatic nitrogens is 2. The summed E-state index contributed by atoms with van der Waals surface area (Å²) in [5.74, 6) is 0.268. The SMILES string of the molecule is CC(C)(C)N1CCC(c2cc(-c3ccccc3Cl)c3cc[n+]([O-])c(-c4c(Cl)cccc4Cl)c3n2)CC1. The molecule has 0 bridgehead atoms. The molecule has 7 heteroatoms. The van der Waals surface area contributed by atoms with Crippen molar-refractivity contribution < 1.29 is 4.73 Å². The van der Waals surface area contributed by atoms with Crippen LogP contribution in [0.25, 0.3) is 33.3 Å². The van der Waals surface area contributed by atoms with Gasteiger partial charge in [0.15, 0.2) is 6.20 Å². The Balaban J connectivity index is 1.75. The molecular formula is C29H28Cl3N3O. The minimum atomic E-state index is 0.132. The van der Waals surface area contributed by atoms with E-state index >= 15 is 0 Å². The van der Waals surface area contributed by atoms with E-state index in [4.69, 9.17) is 39.8 Å². The maximum atomic E-state index is 13.2. The van der Waals surface area contributed by atoms with Crippen LogP contribution in [0.15, 0.2) is 60.8 Å². The second kappa shape index (κ2) is 9.83. The maximum absolute atomic E-state index is 13.2. The first-order valence-corrected chi connectivity index (χ1v) is 13.3. The van der Waals surface area contributed by atoms with E-state index in [0.717, 1.165) is 52.9 Å². The summed E-state index contributed by atoms with van der Waals surface area (Å²) in [6.07, 6.45) is 3.47. The first-order valence-electron chi connectivity index (χ1n) is 12.2. The van der Waals surface area contributed by atoms with Gasteiger partial charge in [-0.25, -0.2) is 4.98 Å². The molecule has 0 N–H and O–H groups in total. The summed E-state index contributed by atoms with van der Waals surface area (Å²) in [6.45, 7) is 8.75. The zero-order chi connectivity index (χ0) is 25.6. The van der Waals surface area contributed by atoms with Gasteiger partial charge in [0.25, 0.3) is 5.69 Å². The van der Waals surface area contributed by atoms with Crippen molar-refractivity contribution in [3.8, 4) is 22.4 Å². The largest absolute Gasteiger partial charge is 0.618 e. The number of hydrogen-bond acceptors (Lipinski definition) is 3. The Hall–Kier alpha value is -2.37. The molecule has 4 aromatic rings. The molecule has 1 fully saturated rings. The number of likely N-dealkylation sites (tertiary alicyclic amines) is 1. The average Bonchev–Trinajstić information content (AvgIpc) is 2.84. The van der Waals surface area contributed by atoms with Crippen LogP contribution in [0.3, 0.4) is 0 Å². The highest BCUT2D eigenvalue weighted by Gasteiger charge is 2.30. The molecule has 0 aliphatic carbocycles. The lowest BCUT2D eigenvalue weighted by molar-refractivity contribution is -0.592. The fourth-order valence-corrected chi connectivity index (χ4v) is 5.97. The van der Waals surface area contributed by atoms with Crippen LogP contribution < -0.4 is 4.73 Å². The van der Waals surface area contributed by atoms with Crippen molar-refractivity contribution in [3.63, 3.8) is 0 Å². The molecule has 186 valence electrons. The van der Waals surface area contributed by atoms with Crippen molar-refractivity contribution in [1.29, 1.82) is 0 Å². The average molecular weight is 541 g/mol. The molecule has 0 unspecified atom stereocenters. The second-order valence-electron chi connectivity index (χ2n) is 10.4. The van der Waals surface area contributed by atoms with Gasteiger partial charge in [0.2, 0.25) is 0 Å². The maximum Gasteiger partial charge on any atom is 0.253 e. The first kappa shape index (κ1) is 25.3. The summed E-state index contributed by atoms with van der Waals surface area (Å²) in [5, 5.41) is 15.5. The quantitative estimate of drug-likeness (QED) is 0.194. The monoisotopic (exact) mass is 539 g/mol. The molecule has 0 spiro atoms. The predicted octanol–water partition coefficient (Wildman–Crippen LogP) is 8.14. The van der Waals surface area contributed by atoms with Crippen LogP contribution in [0.4, 0.5) is 0 Å². The molecule has 1 aliphatic rings. The van der Waals surface area contributed by atoms with Crippen molar-refractivity contribution in [2.45, 2.75) is 45.1 Å². The van der Waals surface area contributed by atoms with Crippen LogP contribution in [0, 0.1) is 5.21 Å². The summed E-state index contributed by atoms with van der Waals surface area (Å²) >= 11 is 19.8. The number of benzene rings is 2. The van der Waals surface area contributed by atoms with Gasteiger partial charge in [-0.05, 0) is 76.5 Å². The number of pyridine rings is 2. The van der Waals surface area contributed by atoms with Crippen LogP contribution in [0.5, 0.6) is 0 Å². The van der Waals surface area contributed by atoms with E-state index in [2.05, 4.69) is 31.7 Å². The van der Waals surface area contributed by atoms with Crippen LogP contribution in [-0.4, -0.2) is 28.5 Å². The van der Waals surface area contributed by atoms with Gasteiger partial charge in [0.1, 0.15) is 5.52 Å². The van der Waals surface area contributed by atoms with E-state index in [9.17, 15) is 5.21 Å². The van der Waals surface area contributed by atoms with E-state index in [0.29, 0.717) is 31.8 Å². The summed E-state index contributed by atoms with van der Waals surface area (Å²) in [6, 6.07) is 17.0. The van der Waals surface area contributed by atoms with Gasteiger partial charge < -0.3 is 5.21 Å². The van der Waals surface area contributed by atoms with E-state index in [1.807, 2.05) is 24.3 Å². The third-order valence-electron chi connectivity index (χ3n) is 7.13. The molecule has 1 saturated heterocycles. The Morgan fingerprint density at radius 2 is 1.53 bits per heavy atom. The lowest BCUT2D eigenvalue weighted by Crippen LogP contribution is -2.45. The molecule has 0 saturated carbocycles. The Kier molecular flexibility index (Phi) is 6.90. The molecule has 2 aromatic heterocycles. The van der Waals surface area contributed by atoms with Crippen molar-refractivity contribution >= 4 is 45.7 Å². The number of fused-ring (bicyclic) bond motifs is 1. The van der Waals surface area contributed by atoms with E-state index in [1.54, 1.807) is 24.3 Å². The molecule has 0 atom stereocenters. The molecule has 5 rings (SSSR count). The molecule has 0 radical (unpaired) electrons. The molecule has 1 aliphatic heterocycles. The number of rotatable bonds is 3. The van der Waals surface area contributed by atoms with E-state index < -0.39 is 0 Å². The fourth-order valence-electron chi connectivity index (χ4n) is 5.16. The Morgan fingerprint density at radius 1 is 0.889 bits per heavy atom.